The van der Waals surface area contributed by atoms with Gasteiger partial charge in [-0.2, -0.15) is 0 Å². The third-order valence-corrected chi connectivity index (χ3v) is 7.07. The van der Waals surface area contributed by atoms with Crippen LogP contribution < -0.4 is 15.8 Å². The molecular weight excluding hydrogens is 380 g/mol. The lowest BCUT2D eigenvalue weighted by Crippen LogP contribution is -2.55. The number of amides is 1. The molecule has 136 valence electrons. The van der Waals surface area contributed by atoms with Crippen molar-refractivity contribution in [3.8, 4) is 0 Å². The Kier molecular flexibility index (Phi) is 4.77. The van der Waals surface area contributed by atoms with E-state index in [-0.39, 0.29) is 16.8 Å². The SMILES string of the molecule is Cc1cccc(N2CCN(C(=O)C3NNC(C4CC4)C3Br)CC2)c1C. The second-order valence-corrected chi connectivity index (χ2v) is 8.66. The predicted octanol–water partition coefficient (Wildman–Crippen LogP) is 1.97. The first-order valence-electron chi connectivity index (χ1n) is 9.31. The smallest absolute Gasteiger partial charge is 0.242 e. The fraction of sp³-hybridized carbons (Fsp3) is 0.632. The minimum atomic E-state index is -0.155. The fourth-order valence-electron chi connectivity index (χ4n) is 4.03. The Labute approximate surface area is 158 Å². The van der Waals surface area contributed by atoms with E-state index in [4.69, 9.17) is 0 Å². The highest BCUT2D eigenvalue weighted by Crippen LogP contribution is 2.38. The second-order valence-electron chi connectivity index (χ2n) is 7.61. The lowest BCUT2D eigenvalue weighted by Gasteiger charge is -2.38. The van der Waals surface area contributed by atoms with Crippen molar-refractivity contribution in [2.45, 2.75) is 43.6 Å². The van der Waals surface area contributed by atoms with Gasteiger partial charge in [0.25, 0.3) is 0 Å². The molecule has 0 spiro atoms. The van der Waals surface area contributed by atoms with Crippen molar-refractivity contribution >= 4 is 27.5 Å². The van der Waals surface area contributed by atoms with Crippen LogP contribution in [0.1, 0.15) is 24.0 Å². The van der Waals surface area contributed by atoms with Gasteiger partial charge < -0.3 is 9.80 Å². The van der Waals surface area contributed by atoms with Crippen molar-refractivity contribution in [3.63, 3.8) is 0 Å². The topological polar surface area (TPSA) is 47.6 Å². The molecule has 1 aromatic carbocycles. The summed E-state index contributed by atoms with van der Waals surface area (Å²) >= 11 is 3.76. The molecule has 3 atom stereocenters. The highest BCUT2D eigenvalue weighted by molar-refractivity contribution is 9.09. The molecule has 3 fully saturated rings. The average molecular weight is 407 g/mol. The summed E-state index contributed by atoms with van der Waals surface area (Å²) in [5.74, 6) is 0.939. The van der Waals surface area contributed by atoms with Crippen LogP contribution in [-0.2, 0) is 4.79 Å². The van der Waals surface area contributed by atoms with Crippen LogP contribution in [0.25, 0.3) is 0 Å². The summed E-state index contributed by atoms with van der Waals surface area (Å²) in [4.78, 5) is 17.5. The van der Waals surface area contributed by atoms with E-state index in [1.54, 1.807) is 0 Å². The number of benzene rings is 1. The summed E-state index contributed by atoms with van der Waals surface area (Å²) in [6, 6.07) is 6.69. The van der Waals surface area contributed by atoms with Gasteiger partial charge in [-0.1, -0.05) is 28.1 Å². The summed E-state index contributed by atoms with van der Waals surface area (Å²) in [7, 11) is 0. The third kappa shape index (κ3) is 3.32. The molecule has 0 aromatic heterocycles. The van der Waals surface area contributed by atoms with E-state index < -0.39 is 0 Å². The molecule has 0 radical (unpaired) electrons. The molecular formula is C19H27BrN4O. The molecule has 6 heteroatoms. The van der Waals surface area contributed by atoms with E-state index in [1.165, 1.54) is 29.7 Å². The lowest BCUT2D eigenvalue weighted by atomic mass is 10.0. The number of carbonyl (C=O) groups excluding carboxylic acids is 1. The number of aryl methyl sites for hydroxylation is 1. The van der Waals surface area contributed by atoms with Gasteiger partial charge in [0.15, 0.2) is 0 Å². The fourth-order valence-corrected chi connectivity index (χ4v) is 4.95. The number of halogens is 1. The van der Waals surface area contributed by atoms with Crippen molar-refractivity contribution in [1.29, 1.82) is 0 Å². The number of piperazine rings is 1. The van der Waals surface area contributed by atoms with Gasteiger partial charge in [-0.05, 0) is 49.8 Å². The molecule has 1 aliphatic carbocycles. The van der Waals surface area contributed by atoms with E-state index in [9.17, 15) is 4.79 Å². The summed E-state index contributed by atoms with van der Waals surface area (Å²) in [6.07, 6.45) is 2.55. The molecule has 3 aliphatic rings. The summed E-state index contributed by atoms with van der Waals surface area (Å²) in [5.41, 5.74) is 10.5. The zero-order valence-corrected chi connectivity index (χ0v) is 16.6. The molecule has 4 rings (SSSR count). The maximum Gasteiger partial charge on any atom is 0.242 e. The summed E-state index contributed by atoms with van der Waals surface area (Å²) in [6.45, 7) is 7.72. The zero-order valence-electron chi connectivity index (χ0n) is 15.0. The van der Waals surface area contributed by atoms with Gasteiger partial charge >= 0.3 is 0 Å². The number of carbonyl (C=O) groups is 1. The van der Waals surface area contributed by atoms with Gasteiger partial charge in [0.2, 0.25) is 5.91 Å². The number of nitrogens with one attached hydrogen (secondary N) is 2. The monoisotopic (exact) mass is 406 g/mol. The maximum absolute atomic E-state index is 12.9. The molecule has 1 aromatic rings. The van der Waals surface area contributed by atoms with Crippen molar-refractivity contribution < 1.29 is 4.79 Å². The van der Waals surface area contributed by atoms with Crippen LogP contribution in [0.5, 0.6) is 0 Å². The Morgan fingerprint density at radius 1 is 1.12 bits per heavy atom. The quantitative estimate of drug-likeness (QED) is 0.753. The molecule has 2 aliphatic heterocycles. The van der Waals surface area contributed by atoms with Crippen LogP contribution in [-0.4, -0.2) is 53.9 Å². The predicted molar refractivity (Wildman–Crippen MR) is 104 cm³/mol. The third-order valence-electron chi connectivity index (χ3n) is 5.97. The second kappa shape index (κ2) is 6.89. The van der Waals surface area contributed by atoms with Crippen molar-refractivity contribution in [2.24, 2.45) is 5.92 Å². The van der Waals surface area contributed by atoms with E-state index in [0.29, 0.717) is 6.04 Å². The number of hydrogen-bond acceptors (Lipinski definition) is 4. The number of hydrazine groups is 1. The summed E-state index contributed by atoms with van der Waals surface area (Å²) < 4.78 is 0. The van der Waals surface area contributed by atoms with Gasteiger partial charge in [-0.25, -0.2) is 5.43 Å². The van der Waals surface area contributed by atoms with Gasteiger partial charge in [0, 0.05) is 37.9 Å². The molecule has 2 heterocycles. The maximum atomic E-state index is 12.9. The molecule has 5 nitrogen and oxygen atoms in total. The number of nitrogens with zero attached hydrogens (tertiary/aromatic N) is 2. The highest BCUT2D eigenvalue weighted by Gasteiger charge is 2.46. The standard InChI is InChI=1S/C19H27BrN4O/c1-12-4-3-5-15(13(12)2)23-8-10-24(11-9-23)19(25)18-16(20)17(21-22-18)14-6-7-14/h3-5,14,16-18,21-22H,6-11H2,1-2H3. The molecule has 2 N–H and O–H groups in total. The number of alkyl halides is 1. The van der Waals surface area contributed by atoms with Gasteiger partial charge in [-0.3, -0.25) is 10.2 Å². The van der Waals surface area contributed by atoms with Crippen LogP contribution in [0.3, 0.4) is 0 Å². The van der Waals surface area contributed by atoms with Crippen LogP contribution in [0.4, 0.5) is 5.69 Å². The molecule has 1 amide bonds. The Hall–Kier alpha value is -1.11. The number of anilines is 1. The van der Waals surface area contributed by atoms with E-state index in [0.717, 1.165) is 32.1 Å². The lowest BCUT2D eigenvalue weighted by molar-refractivity contribution is -0.133. The first-order valence-corrected chi connectivity index (χ1v) is 10.2. The van der Waals surface area contributed by atoms with E-state index in [1.807, 2.05) is 4.90 Å². The van der Waals surface area contributed by atoms with E-state index >= 15 is 0 Å². The highest BCUT2D eigenvalue weighted by atomic mass is 79.9. The number of hydrogen-bond donors (Lipinski definition) is 2. The molecule has 0 bridgehead atoms. The van der Waals surface area contributed by atoms with Crippen LogP contribution >= 0.6 is 15.9 Å². The molecule has 25 heavy (non-hydrogen) atoms. The summed E-state index contributed by atoms with van der Waals surface area (Å²) in [5, 5.41) is 0. The Bertz CT molecular complexity index is 655. The average Bonchev–Trinajstić information content (AvgIpc) is 3.39. The van der Waals surface area contributed by atoms with Crippen LogP contribution in [0.2, 0.25) is 0 Å². The minimum absolute atomic E-state index is 0.155. The zero-order chi connectivity index (χ0) is 17.6. The van der Waals surface area contributed by atoms with Gasteiger partial charge in [0.1, 0.15) is 6.04 Å². The largest absolute Gasteiger partial charge is 0.368 e. The van der Waals surface area contributed by atoms with Crippen molar-refractivity contribution in [3.05, 3.63) is 29.3 Å². The Balaban J connectivity index is 1.37. The van der Waals surface area contributed by atoms with Crippen molar-refractivity contribution in [2.75, 3.05) is 31.1 Å². The first kappa shape index (κ1) is 17.3. The first-order chi connectivity index (χ1) is 12.1. The van der Waals surface area contributed by atoms with Crippen LogP contribution in [0, 0.1) is 19.8 Å². The molecule has 2 saturated heterocycles. The molecule has 3 unspecified atom stereocenters. The molecule has 1 saturated carbocycles. The van der Waals surface area contributed by atoms with Crippen molar-refractivity contribution in [1.82, 2.24) is 15.8 Å². The normalized spacial score (nSPS) is 30.0. The van der Waals surface area contributed by atoms with Gasteiger partial charge in [0.05, 0.1) is 4.83 Å². The van der Waals surface area contributed by atoms with Crippen LogP contribution in [0.15, 0.2) is 18.2 Å². The Morgan fingerprint density at radius 2 is 1.84 bits per heavy atom. The van der Waals surface area contributed by atoms with E-state index in [2.05, 4.69) is 63.7 Å². The number of rotatable bonds is 3. The Morgan fingerprint density at radius 3 is 2.52 bits per heavy atom. The van der Waals surface area contributed by atoms with Gasteiger partial charge in [-0.15, -0.1) is 0 Å². The minimum Gasteiger partial charge on any atom is -0.368 e.